The molecule has 0 aliphatic carbocycles. The van der Waals surface area contributed by atoms with Gasteiger partial charge in [0, 0.05) is 6.07 Å². The number of nitrogens with zero attached hydrogens (tertiary/aromatic N) is 1. The number of imide groups is 1. The second-order valence-corrected chi connectivity index (χ2v) is 6.21. The van der Waals surface area contributed by atoms with Gasteiger partial charge >= 0.3 is 0 Å². The van der Waals surface area contributed by atoms with E-state index >= 15 is 0 Å². The molecule has 2 rings (SSSR count). The number of hydrogen-bond donors (Lipinski definition) is 1. The molecule has 1 aliphatic heterocycles. The molecule has 3 amide bonds. The van der Waals surface area contributed by atoms with E-state index in [1.165, 1.54) is 26.0 Å². The summed E-state index contributed by atoms with van der Waals surface area (Å²) in [4.78, 5) is 37.0. The fourth-order valence-electron chi connectivity index (χ4n) is 2.10. The third-order valence-corrected chi connectivity index (χ3v) is 4.47. The Labute approximate surface area is 138 Å². The zero-order valence-corrected chi connectivity index (χ0v) is 13.9. The van der Waals surface area contributed by atoms with E-state index < -0.39 is 5.91 Å². The maximum Gasteiger partial charge on any atom is 0.244 e. The van der Waals surface area contributed by atoms with Crippen LogP contribution < -0.4 is 14.8 Å². The molecule has 0 unspecified atom stereocenters. The van der Waals surface area contributed by atoms with E-state index in [1.54, 1.807) is 25.1 Å². The van der Waals surface area contributed by atoms with Crippen LogP contribution in [0.3, 0.4) is 0 Å². The van der Waals surface area contributed by atoms with Gasteiger partial charge in [-0.2, -0.15) is 0 Å². The first-order chi connectivity index (χ1) is 11.0. The summed E-state index contributed by atoms with van der Waals surface area (Å²) in [5.41, 5.74) is 0.413. The molecule has 1 aliphatic rings. The van der Waals surface area contributed by atoms with Gasteiger partial charge in [0.25, 0.3) is 0 Å². The molecule has 0 aromatic heterocycles. The van der Waals surface area contributed by atoms with Gasteiger partial charge in [0.05, 0.1) is 30.9 Å². The molecule has 1 N–H and O–H groups in total. The first-order valence-electron chi connectivity index (χ1n) is 6.94. The van der Waals surface area contributed by atoms with Crippen LogP contribution in [0.15, 0.2) is 18.2 Å². The zero-order valence-electron chi connectivity index (χ0n) is 13.1. The van der Waals surface area contributed by atoms with Crippen molar-refractivity contribution in [1.82, 2.24) is 4.90 Å². The normalized spacial score (nSPS) is 17.9. The number of anilines is 1. The summed E-state index contributed by atoms with van der Waals surface area (Å²) in [6.07, 6.45) is 0. The minimum atomic E-state index is -0.475. The van der Waals surface area contributed by atoms with Gasteiger partial charge in [-0.15, -0.1) is 11.8 Å². The maximum absolute atomic E-state index is 12.2. The molecule has 1 aromatic rings. The molecule has 0 bridgehead atoms. The first-order valence-corrected chi connectivity index (χ1v) is 7.98. The molecule has 0 spiro atoms. The van der Waals surface area contributed by atoms with E-state index in [2.05, 4.69) is 5.32 Å². The Hall–Kier alpha value is -2.22. The zero-order chi connectivity index (χ0) is 17.0. The highest BCUT2D eigenvalue weighted by Crippen LogP contribution is 2.29. The number of thioether (sulfide) groups is 1. The summed E-state index contributed by atoms with van der Waals surface area (Å²) in [7, 11) is 2.99. The number of rotatable bonds is 5. The topological polar surface area (TPSA) is 84.9 Å². The lowest BCUT2D eigenvalue weighted by atomic mass is 10.2. The number of hydrogen-bond acceptors (Lipinski definition) is 6. The molecule has 1 heterocycles. The van der Waals surface area contributed by atoms with Crippen molar-refractivity contribution in [2.45, 2.75) is 12.2 Å². The molecule has 1 saturated heterocycles. The van der Waals surface area contributed by atoms with Crippen LogP contribution in [-0.2, 0) is 14.4 Å². The second-order valence-electron chi connectivity index (χ2n) is 4.89. The summed E-state index contributed by atoms with van der Waals surface area (Å²) < 4.78 is 10.3. The largest absolute Gasteiger partial charge is 0.497 e. The Bertz CT molecular complexity index is 634. The number of benzene rings is 1. The summed E-state index contributed by atoms with van der Waals surface area (Å²) in [5.74, 6) is 0.0284. The van der Waals surface area contributed by atoms with Gasteiger partial charge < -0.3 is 14.8 Å². The van der Waals surface area contributed by atoms with Gasteiger partial charge in [-0.25, -0.2) is 0 Å². The fraction of sp³-hybridized carbons (Fsp3) is 0.400. The van der Waals surface area contributed by atoms with Crippen molar-refractivity contribution in [3.63, 3.8) is 0 Å². The SMILES string of the molecule is COc1ccc(OC)c(NC(=O)CN2C(=O)CS[C@@H](C)C2=O)c1. The molecule has 8 heteroatoms. The van der Waals surface area contributed by atoms with Crippen LogP contribution in [0.1, 0.15) is 6.92 Å². The lowest BCUT2D eigenvalue weighted by Gasteiger charge is -2.27. The number of nitrogens with one attached hydrogen (secondary N) is 1. The lowest BCUT2D eigenvalue weighted by molar-refractivity contribution is -0.145. The van der Waals surface area contributed by atoms with Crippen molar-refractivity contribution in [2.75, 3.05) is 31.8 Å². The molecular weight excluding hydrogens is 320 g/mol. The van der Waals surface area contributed by atoms with Gasteiger partial charge in [0.1, 0.15) is 18.0 Å². The van der Waals surface area contributed by atoms with Crippen LogP contribution in [0.4, 0.5) is 5.69 Å². The molecule has 124 valence electrons. The van der Waals surface area contributed by atoms with Gasteiger partial charge in [-0.1, -0.05) is 0 Å². The molecule has 1 aromatic carbocycles. The van der Waals surface area contributed by atoms with Crippen LogP contribution in [0.2, 0.25) is 0 Å². The van der Waals surface area contributed by atoms with Crippen LogP contribution in [0.5, 0.6) is 11.5 Å². The van der Waals surface area contributed by atoms with Crippen LogP contribution >= 0.6 is 11.8 Å². The summed E-state index contributed by atoms with van der Waals surface area (Å²) in [5, 5.41) is 2.32. The Balaban J connectivity index is 2.10. The number of ether oxygens (including phenoxy) is 2. The molecule has 0 radical (unpaired) electrons. The highest BCUT2D eigenvalue weighted by atomic mass is 32.2. The van der Waals surface area contributed by atoms with Gasteiger partial charge in [-0.3, -0.25) is 19.3 Å². The molecule has 0 saturated carbocycles. The minimum absolute atomic E-state index is 0.197. The lowest BCUT2D eigenvalue weighted by Crippen LogP contribution is -2.49. The van der Waals surface area contributed by atoms with E-state index in [0.717, 1.165) is 4.90 Å². The smallest absolute Gasteiger partial charge is 0.244 e. The molecule has 1 atom stereocenters. The highest BCUT2D eigenvalue weighted by molar-refractivity contribution is 8.01. The Morgan fingerprint density at radius 2 is 2.09 bits per heavy atom. The quantitative estimate of drug-likeness (QED) is 0.810. The van der Waals surface area contributed by atoms with E-state index in [-0.39, 0.29) is 29.4 Å². The van der Waals surface area contributed by atoms with Crippen molar-refractivity contribution in [3.8, 4) is 11.5 Å². The Morgan fingerprint density at radius 1 is 1.35 bits per heavy atom. The predicted molar refractivity (Wildman–Crippen MR) is 86.8 cm³/mol. The summed E-state index contributed by atoms with van der Waals surface area (Å²) >= 11 is 1.27. The monoisotopic (exact) mass is 338 g/mol. The number of carbonyl (C=O) groups is 3. The van der Waals surface area contributed by atoms with Crippen LogP contribution in [0.25, 0.3) is 0 Å². The van der Waals surface area contributed by atoms with Crippen molar-refractivity contribution in [2.24, 2.45) is 0 Å². The standard InChI is InChI=1S/C15H18N2O5S/c1-9-15(20)17(14(19)8-23-9)7-13(18)16-11-6-10(21-2)4-5-12(11)22-3/h4-6,9H,7-8H2,1-3H3,(H,16,18)/t9-/m0/s1. The number of amides is 3. The van der Waals surface area contributed by atoms with Gasteiger partial charge in [0.2, 0.25) is 17.7 Å². The fourth-order valence-corrected chi connectivity index (χ4v) is 2.92. The molecule has 1 fully saturated rings. The van der Waals surface area contributed by atoms with E-state index in [0.29, 0.717) is 17.2 Å². The second kappa shape index (κ2) is 7.36. The van der Waals surface area contributed by atoms with Crippen LogP contribution in [-0.4, -0.2) is 54.4 Å². The molecular formula is C15H18N2O5S. The summed E-state index contributed by atoms with van der Waals surface area (Å²) in [6.45, 7) is 1.40. The highest BCUT2D eigenvalue weighted by Gasteiger charge is 2.33. The average molecular weight is 338 g/mol. The average Bonchev–Trinajstić information content (AvgIpc) is 2.55. The third kappa shape index (κ3) is 3.95. The number of carbonyl (C=O) groups excluding carboxylic acids is 3. The molecule has 7 nitrogen and oxygen atoms in total. The van der Waals surface area contributed by atoms with E-state index in [4.69, 9.17) is 9.47 Å². The third-order valence-electron chi connectivity index (χ3n) is 3.35. The number of methoxy groups -OCH3 is 2. The van der Waals surface area contributed by atoms with Crippen LogP contribution in [0, 0.1) is 0 Å². The van der Waals surface area contributed by atoms with Gasteiger partial charge in [0.15, 0.2) is 0 Å². The van der Waals surface area contributed by atoms with E-state index in [1.807, 2.05) is 0 Å². The van der Waals surface area contributed by atoms with Crippen molar-refractivity contribution < 1.29 is 23.9 Å². The Morgan fingerprint density at radius 3 is 2.74 bits per heavy atom. The maximum atomic E-state index is 12.2. The Kier molecular flexibility index (Phi) is 5.49. The van der Waals surface area contributed by atoms with E-state index in [9.17, 15) is 14.4 Å². The van der Waals surface area contributed by atoms with Crippen molar-refractivity contribution in [3.05, 3.63) is 18.2 Å². The first kappa shape index (κ1) is 17.1. The van der Waals surface area contributed by atoms with Crippen molar-refractivity contribution >= 4 is 35.2 Å². The molecule has 23 heavy (non-hydrogen) atoms. The predicted octanol–water partition coefficient (Wildman–Crippen LogP) is 1.13. The van der Waals surface area contributed by atoms with Gasteiger partial charge in [-0.05, 0) is 19.1 Å². The van der Waals surface area contributed by atoms with Crippen molar-refractivity contribution in [1.29, 1.82) is 0 Å². The summed E-state index contributed by atoms with van der Waals surface area (Å²) in [6, 6.07) is 4.96. The minimum Gasteiger partial charge on any atom is -0.497 e.